The minimum atomic E-state index is -3.84. The van der Waals surface area contributed by atoms with Gasteiger partial charge in [0.1, 0.15) is 11.9 Å². The highest BCUT2D eigenvalue weighted by atomic mass is 35.5. The van der Waals surface area contributed by atoms with Crippen molar-refractivity contribution in [1.82, 2.24) is 5.32 Å². The Bertz CT molecular complexity index is 922. The van der Waals surface area contributed by atoms with Crippen LogP contribution in [0.3, 0.4) is 0 Å². The van der Waals surface area contributed by atoms with Gasteiger partial charge in [0.2, 0.25) is 15.9 Å². The van der Waals surface area contributed by atoms with Crippen LogP contribution in [-0.4, -0.2) is 26.6 Å². The van der Waals surface area contributed by atoms with E-state index in [4.69, 9.17) is 23.2 Å². The molecule has 2 rings (SSSR count). The number of rotatable bonds is 6. The number of carbonyl (C=O) groups is 1. The number of anilines is 1. The largest absolute Gasteiger partial charge is 0.350 e. The lowest BCUT2D eigenvalue weighted by atomic mass is 10.2. The molecule has 0 aromatic heterocycles. The molecule has 0 saturated carbocycles. The Kier molecular flexibility index (Phi) is 6.49. The monoisotopic (exact) mass is 418 g/mol. The first-order chi connectivity index (χ1) is 12.1. The summed E-state index contributed by atoms with van der Waals surface area (Å²) in [5, 5.41) is 2.94. The predicted molar refractivity (Wildman–Crippen MR) is 101 cm³/mol. The number of nitrogens with zero attached hydrogens (tertiary/aromatic N) is 1. The molecule has 0 aliphatic carbocycles. The highest BCUT2D eigenvalue weighted by Crippen LogP contribution is 2.32. The summed E-state index contributed by atoms with van der Waals surface area (Å²) in [5.74, 6) is -1.06. The van der Waals surface area contributed by atoms with Crippen LogP contribution in [0, 0.1) is 5.82 Å². The fourth-order valence-corrected chi connectivity index (χ4v) is 4.01. The average Bonchev–Trinajstić information content (AvgIpc) is 2.56. The third-order valence-corrected chi connectivity index (χ3v) is 5.43. The number of sulfonamides is 1. The molecule has 5 nitrogen and oxygen atoms in total. The topological polar surface area (TPSA) is 66.5 Å². The van der Waals surface area contributed by atoms with Gasteiger partial charge in [-0.2, -0.15) is 0 Å². The molecule has 0 saturated heterocycles. The van der Waals surface area contributed by atoms with Crippen LogP contribution >= 0.6 is 23.2 Å². The molecule has 0 spiro atoms. The molecule has 0 aliphatic heterocycles. The van der Waals surface area contributed by atoms with E-state index in [1.165, 1.54) is 43.3 Å². The zero-order chi connectivity index (χ0) is 19.5. The summed E-state index contributed by atoms with van der Waals surface area (Å²) in [6.07, 6.45) is 0.963. The standard InChI is InChI=1S/C17H17Cl2FN2O3S/c1-11(17(23)21-10-12-5-3-4-6-15(12)20)22(26(2,24)25)16-9-13(18)7-8-14(16)19/h3-9,11H,10H2,1-2H3,(H,21,23). The van der Waals surface area contributed by atoms with E-state index < -0.39 is 27.8 Å². The molecule has 0 aliphatic rings. The van der Waals surface area contributed by atoms with Crippen molar-refractivity contribution in [3.8, 4) is 0 Å². The van der Waals surface area contributed by atoms with Crippen molar-refractivity contribution in [1.29, 1.82) is 0 Å². The number of benzene rings is 2. The van der Waals surface area contributed by atoms with E-state index in [2.05, 4.69) is 5.32 Å². The first-order valence-electron chi connectivity index (χ1n) is 7.57. The molecule has 2 aromatic rings. The summed E-state index contributed by atoms with van der Waals surface area (Å²) in [5.41, 5.74) is 0.384. The highest BCUT2D eigenvalue weighted by molar-refractivity contribution is 7.92. The molecule has 1 amide bonds. The second kappa shape index (κ2) is 8.24. The normalized spacial score (nSPS) is 12.5. The minimum Gasteiger partial charge on any atom is -0.350 e. The lowest BCUT2D eigenvalue weighted by Crippen LogP contribution is -2.47. The van der Waals surface area contributed by atoms with E-state index in [1.807, 2.05) is 0 Å². The lowest BCUT2D eigenvalue weighted by molar-refractivity contribution is -0.122. The number of hydrogen-bond acceptors (Lipinski definition) is 3. The predicted octanol–water partition coefficient (Wildman–Crippen LogP) is 3.60. The Labute approximate surface area is 161 Å². The lowest BCUT2D eigenvalue weighted by Gasteiger charge is -2.29. The van der Waals surface area contributed by atoms with Gasteiger partial charge in [0.05, 0.1) is 17.0 Å². The number of nitrogens with one attached hydrogen (secondary N) is 1. The molecule has 140 valence electrons. The third-order valence-electron chi connectivity index (χ3n) is 3.65. The van der Waals surface area contributed by atoms with Gasteiger partial charge in [-0.15, -0.1) is 0 Å². The Balaban J connectivity index is 2.27. The SMILES string of the molecule is CC(C(=O)NCc1ccccc1F)N(c1cc(Cl)ccc1Cl)S(C)(=O)=O. The summed E-state index contributed by atoms with van der Waals surface area (Å²) < 4.78 is 39.1. The first-order valence-corrected chi connectivity index (χ1v) is 10.2. The van der Waals surface area contributed by atoms with Gasteiger partial charge in [0.15, 0.2) is 0 Å². The molecule has 0 heterocycles. The maximum Gasteiger partial charge on any atom is 0.243 e. The van der Waals surface area contributed by atoms with E-state index in [-0.39, 0.29) is 22.3 Å². The molecule has 0 bridgehead atoms. The Morgan fingerprint density at radius 3 is 2.50 bits per heavy atom. The fraction of sp³-hybridized carbons (Fsp3) is 0.235. The van der Waals surface area contributed by atoms with E-state index in [1.54, 1.807) is 6.07 Å². The molecule has 1 atom stereocenters. The average molecular weight is 419 g/mol. The summed E-state index contributed by atoms with van der Waals surface area (Å²) >= 11 is 12.0. The molecular formula is C17H17Cl2FN2O3S. The van der Waals surface area contributed by atoms with Crippen LogP contribution in [0.4, 0.5) is 10.1 Å². The quantitative estimate of drug-likeness (QED) is 0.778. The van der Waals surface area contributed by atoms with Gasteiger partial charge in [-0.05, 0) is 31.2 Å². The van der Waals surface area contributed by atoms with Gasteiger partial charge in [-0.25, -0.2) is 12.8 Å². The first kappa shape index (κ1) is 20.5. The zero-order valence-corrected chi connectivity index (χ0v) is 16.4. The summed E-state index contributed by atoms with van der Waals surface area (Å²) in [4.78, 5) is 12.5. The molecule has 9 heteroatoms. The minimum absolute atomic E-state index is 0.0727. The molecule has 1 unspecified atom stereocenters. The fourth-order valence-electron chi connectivity index (χ4n) is 2.41. The van der Waals surface area contributed by atoms with Gasteiger partial charge < -0.3 is 5.32 Å². The van der Waals surface area contributed by atoms with Crippen LogP contribution in [-0.2, 0) is 21.4 Å². The third kappa shape index (κ3) is 4.87. The van der Waals surface area contributed by atoms with Crippen LogP contribution in [0.2, 0.25) is 10.0 Å². The van der Waals surface area contributed by atoms with Gasteiger partial charge in [-0.1, -0.05) is 41.4 Å². The molecule has 0 fully saturated rings. The number of carbonyl (C=O) groups excluding carboxylic acids is 1. The van der Waals surface area contributed by atoms with Gasteiger partial charge in [-0.3, -0.25) is 9.10 Å². The number of hydrogen-bond donors (Lipinski definition) is 1. The van der Waals surface area contributed by atoms with Gasteiger partial charge in [0.25, 0.3) is 0 Å². The van der Waals surface area contributed by atoms with E-state index >= 15 is 0 Å². The van der Waals surface area contributed by atoms with Crippen LogP contribution in [0.1, 0.15) is 12.5 Å². The Morgan fingerprint density at radius 1 is 1.23 bits per heavy atom. The van der Waals surface area contributed by atoms with Crippen LogP contribution < -0.4 is 9.62 Å². The molecule has 26 heavy (non-hydrogen) atoms. The summed E-state index contributed by atoms with van der Waals surface area (Å²) in [6, 6.07) is 9.19. The maximum absolute atomic E-state index is 13.7. The maximum atomic E-state index is 13.7. The second-order valence-electron chi connectivity index (χ2n) is 5.64. The van der Waals surface area contributed by atoms with Crippen molar-refractivity contribution in [3.05, 3.63) is 63.9 Å². The molecule has 0 radical (unpaired) electrons. The highest BCUT2D eigenvalue weighted by Gasteiger charge is 2.30. The summed E-state index contributed by atoms with van der Waals surface area (Å²) in [6.45, 7) is 1.34. The van der Waals surface area contributed by atoms with Crippen molar-refractivity contribution in [2.75, 3.05) is 10.6 Å². The number of halogens is 3. The van der Waals surface area contributed by atoms with Crippen molar-refractivity contribution in [3.63, 3.8) is 0 Å². The summed E-state index contributed by atoms with van der Waals surface area (Å²) in [7, 11) is -3.84. The van der Waals surface area contributed by atoms with Crippen molar-refractivity contribution >= 4 is 44.8 Å². The van der Waals surface area contributed by atoms with Crippen molar-refractivity contribution in [2.24, 2.45) is 0 Å². The van der Waals surface area contributed by atoms with Crippen molar-refractivity contribution < 1.29 is 17.6 Å². The van der Waals surface area contributed by atoms with Gasteiger partial charge >= 0.3 is 0 Å². The second-order valence-corrected chi connectivity index (χ2v) is 8.34. The van der Waals surface area contributed by atoms with E-state index in [9.17, 15) is 17.6 Å². The molecule has 2 aromatic carbocycles. The van der Waals surface area contributed by atoms with E-state index in [0.717, 1.165) is 10.6 Å². The molecule has 1 N–H and O–H groups in total. The molecular weight excluding hydrogens is 402 g/mol. The van der Waals surface area contributed by atoms with Crippen LogP contribution in [0.25, 0.3) is 0 Å². The number of amides is 1. The Hall–Kier alpha value is -1.83. The zero-order valence-electron chi connectivity index (χ0n) is 14.0. The van der Waals surface area contributed by atoms with Gasteiger partial charge in [0, 0.05) is 17.1 Å². The Morgan fingerprint density at radius 2 is 1.88 bits per heavy atom. The van der Waals surface area contributed by atoms with Crippen molar-refractivity contribution in [2.45, 2.75) is 19.5 Å². The van der Waals surface area contributed by atoms with Crippen LogP contribution in [0.5, 0.6) is 0 Å². The van der Waals surface area contributed by atoms with E-state index in [0.29, 0.717) is 5.56 Å². The van der Waals surface area contributed by atoms with Crippen LogP contribution in [0.15, 0.2) is 42.5 Å². The smallest absolute Gasteiger partial charge is 0.243 e.